The second-order valence-electron chi connectivity index (χ2n) is 6.47. The van der Waals surface area contributed by atoms with Gasteiger partial charge >= 0.3 is 0 Å². The van der Waals surface area contributed by atoms with Crippen molar-refractivity contribution in [1.29, 1.82) is 0 Å². The Hall–Kier alpha value is -2.88. The van der Waals surface area contributed by atoms with Gasteiger partial charge in [-0.15, -0.1) is 0 Å². The van der Waals surface area contributed by atoms with Crippen LogP contribution in [0.1, 0.15) is 17.0 Å². The smallest absolute Gasteiger partial charge is 0.266 e. The van der Waals surface area contributed by atoms with E-state index in [4.69, 9.17) is 28.2 Å². The van der Waals surface area contributed by atoms with Gasteiger partial charge < -0.3 is 0 Å². The number of nitrogens with zero attached hydrogens (tertiary/aromatic N) is 2. The number of fused-ring (bicyclic) bond motifs is 1. The first kappa shape index (κ1) is 18.5. The summed E-state index contributed by atoms with van der Waals surface area (Å²) in [4.78, 5) is 17.9. The average Bonchev–Trinajstić information content (AvgIpc) is 2.67. The molecule has 3 aromatic carbocycles. The summed E-state index contributed by atoms with van der Waals surface area (Å²) in [6, 6.07) is 20.4. The molecule has 0 aliphatic carbocycles. The minimum absolute atomic E-state index is 0.113. The molecule has 0 saturated carbocycles. The third-order valence-electron chi connectivity index (χ3n) is 4.44. The number of hydrogen-bond acceptors (Lipinski definition) is 2. The topological polar surface area (TPSA) is 34.9 Å². The number of hydrogen-bond donors (Lipinski definition) is 0. The van der Waals surface area contributed by atoms with Gasteiger partial charge in [-0.1, -0.05) is 53.5 Å². The van der Waals surface area contributed by atoms with E-state index in [1.807, 2.05) is 61.5 Å². The van der Waals surface area contributed by atoms with Crippen LogP contribution in [0, 0.1) is 6.92 Å². The quantitative estimate of drug-likeness (QED) is 0.407. The summed E-state index contributed by atoms with van der Waals surface area (Å²) in [5.74, 6) is 0.528. The number of halogens is 2. The molecule has 4 aromatic rings. The van der Waals surface area contributed by atoms with Crippen LogP contribution in [0.3, 0.4) is 0 Å². The van der Waals surface area contributed by atoms with Crippen LogP contribution in [0.25, 0.3) is 28.7 Å². The highest BCUT2D eigenvalue weighted by Crippen LogP contribution is 2.23. The van der Waals surface area contributed by atoms with E-state index in [9.17, 15) is 4.79 Å². The molecule has 28 heavy (non-hydrogen) atoms. The van der Waals surface area contributed by atoms with Crippen molar-refractivity contribution in [3.8, 4) is 5.69 Å². The lowest BCUT2D eigenvalue weighted by Crippen LogP contribution is -2.22. The van der Waals surface area contributed by atoms with Crippen LogP contribution in [0.15, 0.2) is 71.5 Å². The monoisotopic (exact) mass is 406 g/mol. The molecular weight excluding hydrogens is 391 g/mol. The summed E-state index contributed by atoms with van der Waals surface area (Å²) < 4.78 is 1.62. The Morgan fingerprint density at radius 1 is 0.929 bits per heavy atom. The second-order valence-corrected chi connectivity index (χ2v) is 7.31. The maximum absolute atomic E-state index is 13.2. The fraction of sp³-hybridized carbons (Fsp3) is 0.0435. The highest BCUT2D eigenvalue weighted by molar-refractivity contribution is 6.35. The van der Waals surface area contributed by atoms with Crippen molar-refractivity contribution < 1.29 is 0 Å². The zero-order valence-electron chi connectivity index (χ0n) is 15.1. The van der Waals surface area contributed by atoms with E-state index in [0.29, 0.717) is 26.8 Å². The summed E-state index contributed by atoms with van der Waals surface area (Å²) in [6.07, 6.45) is 3.63. The molecule has 3 nitrogen and oxygen atoms in total. The molecule has 0 saturated heterocycles. The fourth-order valence-electron chi connectivity index (χ4n) is 3.08. The van der Waals surface area contributed by atoms with Crippen LogP contribution in [0.4, 0.5) is 0 Å². The van der Waals surface area contributed by atoms with Gasteiger partial charge in [-0.05, 0) is 66.6 Å². The number of benzene rings is 3. The fourth-order valence-corrected chi connectivity index (χ4v) is 3.55. The third kappa shape index (κ3) is 3.59. The largest absolute Gasteiger partial charge is 0.268 e. The Morgan fingerprint density at radius 3 is 2.54 bits per heavy atom. The molecular formula is C23H16Cl2N2O. The second kappa shape index (κ2) is 7.63. The molecule has 0 fully saturated rings. The van der Waals surface area contributed by atoms with Gasteiger partial charge in [0.2, 0.25) is 0 Å². The Labute approximate surface area is 172 Å². The molecule has 4 rings (SSSR count). The SMILES string of the molecule is Cc1cccc(-n2c(/C=C/c3ccc(Cl)cc3Cl)nc3ccccc3c2=O)c1. The third-order valence-corrected chi connectivity index (χ3v) is 5.00. The highest BCUT2D eigenvalue weighted by atomic mass is 35.5. The Kier molecular flexibility index (Phi) is 5.03. The molecule has 0 N–H and O–H groups in total. The van der Waals surface area contributed by atoms with Crippen LogP contribution in [-0.2, 0) is 0 Å². The Morgan fingerprint density at radius 2 is 1.75 bits per heavy atom. The lowest BCUT2D eigenvalue weighted by molar-refractivity contribution is 0.942. The van der Waals surface area contributed by atoms with Gasteiger partial charge in [0.1, 0.15) is 5.82 Å². The summed E-state index contributed by atoms with van der Waals surface area (Å²) in [7, 11) is 0. The van der Waals surface area contributed by atoms with Crippen LogP contribution in [0.5, 0.6) is 0 Å². The van der Waals surface area contributed by atoms with E-state index in [0.717, 1.165) is 16.8 Å². The lowest BCUT2D eigenvalue weighted by atomic mass is 10.2. The van der Waals surface area contributed by atoms with Crippen molar-refractivity contribution >= 4 is 46.3 Å². The van der Waals surface area contributed by atoms with Crippen molar-refractivity contribution in [3.63, 3.8) is 0 Å². The van der Waals surface area contributed by atoms with Gasteiger partial charge in [0, 0.05) is 10.0 Å². The highest BCUT2D eigenvalue weighted by Gasteiger charge is 2.11. The standard InChI is InChI=1S/C23H16Cl2N2O/c1-15-5-4-6-18(13-15)27-22(12-10-16-9-11-17(24)14-20(16)25)26-21-8-3-2-7-19(21)23(27)28/h2-14H,1H3/b12-10+. The molecule has 138 valence electrons. The summed E-state index contributed by atoms with van der Waals surface area (Å²) in [6.45, 7) is 1.99. The predicted molar refractivity (Wildman–Crippen MR) is 117 cm³/mol. The molecule has 1 heterocycles. The van der Waals surface area contributed by atoms with Crippen molar-refractivity contribution in [1.82, 2.24) is 9.55 Å². The average molecular weight is 407 g/mol. The summed E-state index contributed by atoms with van der Waals surface area (Å²) >= 11 is 12.2. The molecule has 0 aliphatic rings. The zero-order valence-corrected chi connectivity index (χ0v) is 16.6. The maximum atomic E-state index is 13.2. The number of aromatic nitrogens is 2. The Bertz CT molecular complexity index is 1280. The number of aryl methyl sites for hydroxylation is 1. The van der Waals surface area contributed by atoms with Gasteiger partial charge in [-0.3, -0.25) is 9.36 Å². The first-order chi connectivity index (χ1) is 13.5. The van der Waals surface area contributed by atoms with E-state index in [1.54, 1.807) is 28.8 Å². The molecule has 0 atom stereocenters. The van der Waals surface area contributed by atoms with Gasteiger partial charge in [0.15, 0.2) is 0 Å². The lowest BCUT2D eigenvalue weighted by Gasteiger charge is -2.12. The minimum Gasteiger partial charge on any atom is -0.268 e. The maximum Gasteiger partial charge on any atom is 0.266 e. The molecule has 0 bridgehead atoms. The first-order valence-electron chi connectivity index (χ1n) is 8.75. The Balaban J connectivity index is 1.95. The molecule has 5 heteroatoms. The molecule has 0 spiro atoms. The van der Waals surface area contributed by atoms with Crippen LogP contribution in [0.2, 0.25) is 10.0 Å². The van der Waals surface area contributed by atoms with E-state index in [2.05, 4.69) is 0 Å². The van der Waals surface area contributed by atoms with Crippen molar-refractivity contribution in [2.75, 3.05) is 0 Å². The molecule has 0 amide bonds. The van der Waals surface area contributed by atoms with Crippen molar-refractivity contribution in [3.05, 3.63) is 104 Å². The van der Waals surface area contributed by atoms with Crippen LogP contribution in [-0.4, -0.2) is 9.55 Å². The van der Waals surface area contributed by atoms with Crippen molar-refractivity contribution in [2.45, 2.75) is 6.92 Å². The zero-order chi connectivity index (χ0) is 19.7. The van der Waals surface area contributed by atoms with E-state index >= 15 is 0 Å². The molecule has 0 unspecified atom stereocenters. The first-order valence-corrected chi connectivity index (χ1v) is 9.50. The van der Waals surface area contributed by atoms with E-state index < -0.39 is 0 Å². The van der Waals surface area contributed by atoms with Gasteiger partial charge in [-0.25, -0.2) is 4.98 Å². The molecule has 0 radical (unpaired) electrons. The van der Waals surface area contributed by atoms with Gasteiger partial charge in [-0.2, -0.15) is 0 Å². The predicted octanol–water partition coefficient (Wildman–Crippen LogP) is 6.17. The normalized spacial score (nSPS) is 11.4. The van der Waals surface area contributed by atoms with Crippen molar-refractivity contribution in [2.24, 2.45) is 0 Å². The van der Waals surface area contributed by atoms with Gasteiger partial charge in [0.25, 0.3) is 5.56 Å². The van der Waals surface area contributed by atoms with Crippen LogP contribution >= 0.6 is 23.2 Å². The van der Waals surface area contributed by atoms with E-state index in [1.165, 1.54) is 0 Å². The number of para-hydroxylation sites is 1. The summed E-state index contributed by atoms with van der Waals surface area (Å²) in [5, 5.41) is 1.68. The van der Waals surface area contributed by atoms with Crippen LogP contribution < -0.4 is 5.56 Å². The number of rotatable bonds is 3. The minimum atomic E-state index is -0.113. The van der Waals surface area contributed by atoms with E-state index in [-0.39, 0.29) is 5.56 Å². The van der Waals surface area contributed by atoms with Gasteiger partial charge in [0.05, 0.1) is 16.6 Å². The molecule has 1 aromatic heterocycles. The summed E-state index contributed by atoms with van der Waals surface area (Å²) in [5.41, 5.74) is 3.17. The molecule has 0 aliphatic heterocycles.